The molecule has 0 aromatic heterocycles. The molecule has 0 spiro atoms. The van der Waals surface area contributed by atoms with Gasteiger partial charge in [0.15, 0.2) is 16.6 Å². The molecule has 0 saturated carbocycles. The van der Waals surface area contributed by atoms with E-state index in [2.05, 4.69) is 80.9 Å². The van der Waals surface area contributed by atoms with Crippen LogP contribution in [0.1, 0.15) is 54.4 Å². The van der Waals surface area contributed by atoms with E-state index in [1.165, 1.54) is 14.2 Å². The van der Waals surface area contributed by atoms with Gasteiger partial charge in [0.25, 0.3) is 0 Å². The van der Waals surface area contributed by atoms with E-state index in [4.69, 9.17) is 18.3 Å². The Hall–Kier alpha value is -1.49. The molecule has 0 bridgehead atoms. The van der Waals surface area contributed by atoms with Crippen LogP contribution >= 0.6 is 0 Å². The van der Waals surface area contributed by atoms with Gasteiger partial charge in [-0.1, -0.05) is 66.9 Å². The molecule has 0 aliphatic carbocycles. The van der Waals surface area contributed by atoms with Crippen molar-refractivity contribution in [2.45, 2.75) is 103 Å². The molecule has 2 atom stereocenters. The molecule has 0 aromatic carbocycles. The van der Waals surface area contributed by atoms with Crippen LogP contribution in [0.2, 0.25) is 36.3 Å². The third-order valence-corrected chi connectivity index (χ3v) is 16.0. The summed E-state index contributed by atoms with van der Waals surface area (Å²) in [6, 6.07) is 0. The summed E-state index contributed by atoms with van der Waals surface area (Å²) in [6.07, 6.45) is 3.81. The Balaban J connectivity index is 5.72. The maximum Gasteiger partial charge on any atom is 0.335 e. The summed E-state index contributed by atoms with van der Waals surface area (Å²) in [4.78, 5) is 24.4. The predicted molar refractivity (Wildman–Crippen MR) is 145 cm³/mol. The number of ether oxygens (including phenoxy) is 2. The SMILES string of the molecule is C=C(C(=O)OC)C(C/C=C/CC(O[Si](C)(C)C(C)(C)C)C(=C)C(=O)OC)O[Si](C)(C)C(C)(C)C. The van der Waals surface area contributed by atoms with Crippen LogP contribution in [-0.2, 0) is 27.9 Å². The molecule has 0 aromatic rings. The van der Waals surface area contributed by atoms with Crippen molar-refractivity contribution in [3.63, 3.8) is 0 Å². The number of hydrogen-bond donors (Lipinski definition) is 0. The lowest BCUT2D eigenvalue weighted by Gasteiger charge is -2.39. The highest BCUT2D eigenvalue weighted by Crippen LogP contribution is 2.39. The van der Waals surface area contributed by atoms with Gasteiger partial charge in [-0.25, -0.2) is 9.59 Å². The maximum atomic E-state index is 12.2. The molecule has 0 rings (SSSR count). The molecule has 0 aliphatic rings. The number of carbonyl (C=O) groups excluding carboxylic acids is 2. The largest absolute Gasteiger partial charge is 0.466 e. The Morgan fingerprint density at radius 1 is 0.706 bits per heavy atom. The van der Waals surface area contributed by atoms with Crippen LogP contribution in [0.5, 0.6) is 0 Å². The van der Waals surface area contributed by atoms with Crippen LogP contribution in [0.3, 0.4) is 0 Å². The minimum Gasteiger partial charge on any atom is -0.466 e. The lowest BCUT2D eigenvalue weighted by atomic mass is 10.1. The van der Waals surface area contributed by atoms with Gasteiger partial charge in [-0.2, -0.15) is 0 Å². The van der Waals surface area contributed by atoms with Gasteiger partial charge in [0, 0.05) is 0 Å². The van der Waals surface area contributed by atoms with Crippen molar-refractivity contribution < 1.29 is 27.9 Å². The Kier molecular flexibility index (Phi) is 11.9. The van der Waals surface area contributed by atoms with E-state index in [0.29, 0.717) is 24.0 Å². The molecule has 8 heteroatoms. The van der Waals surface area contributed by atoms with Crippen LogP contribution in [0.25, 0.3) is 0 Å². The van der Waals surface area contributed by atoms with Crippen LogP contribution in [0, 0.1) is 0 Å². The first-order valence-corrected chi connectivity index (χ1v) is 17.6. The fourth-order valence-corrected chi connectivity index (χ4v) is 5.16. The van der Waals surface area contributed by atoms with E-state index in [-0.39, 0.29) is 10.1 Å². The lowest BCUT2D eigenvalue weighted by Crippen LogP contribution is -2.45. The first-order valence-electron chi connectivity index (χ1n) is 11.8. The van der Waals surface area contributed by atoms with Crippen molar-refractivity contribution in [2.24, 2.45) is 0 Å². The van der Waals surface area contributed by atoms with E-state index >= 15 is 0 Å². The van der Waals surface area contributed by atoms with Crippen LogP contribution < -0.4 is 0 Å². The quantitative estimate of drug-likeness (QED) is 0.128. The fourth-order valence-electron chi connectivity index (χ4n) is 2.55. The molecule has 0 aliphatic heterocycles. The standard InChI is InChI=1S/C26H48O6Si2/c1-19(23(27)29-9)21(31-33(11,12)25(3,4)5)17-15-16-18-22(20(2)24(28)30-10)32-34(13,14)26(6,7)8/h15-16,21-22H,1-2,17-18H2,3-14H3/b16-15+. The van der Waals surface area contributed by atoms with E-state index in [0.717, 1.165) is 0 Å². The smallest absolute Gasteiger partial charge is 0.335 e. The molecule has 0 amide bonds. The van der Waals surface area contributed by atoms with Crippen molar-refractivity contribution in [1.82, 2.24) is 0 Å². The minimum absolute atomic E-state index is 0.0221. The Bertz CT molecular complexity index is 705. The highest BCUT2D eigenvalue weighted by Gasteiger charge is 2.41. The summed E-state index contributed by atoms with van der Waals surface area (Å²) in [6.45, 7) is 29.3. The number of hydrogen-bond acceptors (Lipinski definition) is 6. The van der Waals surface area contributed by atoms with E-state index in [1.807, 2.05) is 12.2 Å². The van der Waals surface area contributed by atoms with E-state index in [1.54, 1.807) is 0 Å². The van der Waals surface area contributed by atoms with Gasteiger partial charge in [-0.3, -0.25) is 0 Å². The summed E-state index contributed by atoms with van der Waals surface area (Å²) in [5, 5.41) is -0.0442. The topological polar surface area (TPSA) is 71.1 Å². The summed E-state index contributed by atoms with van der Waals surface area (Å²) in [5.41, 5.74) is 0.593. The Morgan fingerprint density at radius 3 is 1.18 bits per heavy atom. The maximum absolute atomic E-state index is 12.2. The second kappa shape index (κ2) is 12.5. The first-order chi connectivity index (χ1) is 15.2. The Morgan fingerprint density at radius 2 is 0.971 bits per heavy atom. The minimum atomic E-state index is -2.16. The molecular weight excluding hydrogens is 464 g/mol. The molecule has 2 unspecified atom stereocenters. The number of carbonyl (C=O) groups is 2. The van der Waals surface area contributed by atoms with Crippen molar-refractivity contribution in [3.05, 3.63) is 36.5 Å². The zero-order valence-corrected chi connectivity index (χ0v) is 25.6. The molecule has 0 radical (unpaired) electrons. The molecule has 0 N–H and O–H groups in total. The van der Waals surface area contributed by atoms with Gasteiger partial charge in [0.05, 0.1) is 37.6 Å². The van der Waals surface area contributed by atoms with Crippen LogP contribution in [0.15, 0.2) is 36.5 Å². The second-order valence-electron chi connectivity index (χ2n) is 11.7. The molecule has 34 heavy (non-hydrogen) atoms. The lowest BCUT2D eigenvalue weighted by molar-refractivity contribution is -0.138. The van der Waals surface area contributed by atoms with Crippen molar-refractivity contribution in [1.29, 1.82) is 0 Å². The van der Waals surface area contributed by atoms with Gasteiger partial charge in [0.2, 0.25) is 0 Å². The summed E-state index contributed by atoms with van der Waals surface area (Å²) < 4.78 is 22.8. The fraction of sp³-hybridized carbons (Fsp3) is 0.692. The van der Waals surface area contributed by atoms with Gasteiger partial charge >= 0.3 is 11.9 Å². The van der Waals surface area contributed by atoms with Gasteiger partial charge in [0.1, 0.15) is 0 Å². The van der Waals surface area contributed by atoms with Crippen molar-refractivity contribution in [2.75, 3.05) is 14.2 Å². The van der Waals surface area contributed by atoms with Gasteiger partial charge in [-0.15, -0.1) is 0 Å². The highest BCUT2D eigenvalue weighted by molar-refractivity contribution is 6.74. The Labute approximate surface area is 210 Å². The average molecular weight is 513 g/mol. The highest BCUT2D eigenvalue weighted by atomic mass is 28.4. The summed E-state index contributed by atoms with van der Waals surface area (Å²) >= 11 is 0. The molecule has 0 saturated heterocycles. The molecule has 0 fully saturated rings. The number of rotatable bonds is 12. The zero-order valence-electron chi connectivity index (χ0n) is 23.6. The van der Waals surface area contributed by atoms with Crippen molar-refractivity contribution in [3.8, 4) is 0 Å². The third kappa shape index (κ3) is 9.28. The third-order valence-electron chi connectivity index (χ3n) is 7.03. The predicted octanol–water partition coefficient (Wildman–Crippen LogP) is 6.56. The van der Waals surface area contributed by atoms with E-state index in [9.17, 15) is 9.59 Å². The van der Waals surface area contributed by atoms with E-state index < -0.39 is 40.8 Å². The normalized spacial score (nSPS) is 15.1. The van der Waals surface area contributed by atoms with Gasteiger partial charge in [-0.05, 0) is 49.1 Å². The van der Waals surface area contributed by atoms with Crippen LogP contribution in [0.4, 0.5) is 0 Å². The molecular formula is C26H48O6Si2. The monoisotopic (exact) mass is 512 g/mol. The summed E-state index contributed by atoms with van der Waals surface area (Å²) in [7, 11) is -1.64. The molecule has 6 nitrogen and oxygen atoms in total. The first kappa shape index (κ1) is 32.5. The summed E-state index contributed by atoms with van der Waals surface area (Å²) in [5.74, 6) is -0.953. The molecule has 0 heterocycles. The number of esters is 2. The second-order valence-corrected chi connectivity index (χ2v) is 21.2. The van der Waals surface area contributed by atoms with Crippen LogP contribution in [-0.4, -0.2) is 55.0 Å². The molecule has 196 valence electrons. The average Bonchev–Trinajstić information content (AvgIpc) is 2.70. The van der Waals surface area contributed by atoms with Crippen molar-refractivity contribution >= 4 is 28.6 Å². The van der Waals surface area contributed by atoms with Gasteiger partial charge < -0.3 is 18.3 Å². The zero-order chi connectivity index (χ0) is 27.1. The number of methoxy groups -OCH3 is 2.